The van der Waals surface area contributed by atoms with E-state index in [0.29, 0.717) is 17.2 Å². The third-order valence-corrected chi connectivity index (χ3v) is 3.36. The van der Waals surface area contributed by atoms with Crippen molar-refractivity contribution < 1.29 is 14.2 Å². The van der Waals surface area contributed by atoms with Crippen molar-refractivity contribution in [3.8, 4) is 28.5 Å². The van der Waals surface area contributed by atoms with E-state index in [1.807, 2.05) is 12.1 Å². The van der Waals surface area contributed by atoms with Crippen molar-refractivity contribution in [1.82, 2.24) is 10.2 Å². The van der Waals surface area contributed by atoms with Crippen LogP contribution in [0.2, 0.25) is 0 Å². The van der Waals surface area contributed by atoms with Gasteiger partial charge in [0.2, 0.25) is 5.75 Å². The molecule has 0 spiro atoms. The molecule has 0 amide bonds. The molecule has 1 aromatic carbocycles. The molecule has 0 aliphatic carbocycles. The molecule has 18 heavy (non-hydrogen) atoms. The number of hydrogen-bond donors (Lipinski definition) is 1. The van der Waals surface area contributed by atoms with Gasteiger partial charge in [0.15, 0.2) is 11.5 Å². The molecular weight excluding hydrogens is 347 g/mol. The number of ether oxygens (including phenoxy) is 3. The van der Waals surface area contributed by atoms with Gasteiger partial charge in [-0.15, -0.1) is 0 Å². The van der Waals surface area contributed by atoms with Gasteiger partial charge in [0.1, 0.15) is 0 Å². The van der Waals surface area contributed by atoms with Crippen LogP contribution in [0.3, 0.4) is 0 Å². The maximum Gasteiger partial charge on any atom is 0.203 e. The first-order valence-electron chi connectivity index (χ1n) is 5.20. The topological polar surface area (TPSA) is 56.4 Å². The molecule has 96 valence electrons. The summed E-state index contributed by atoms with van der Waals surface area (Å²) in [5.74, 6) is 1.83. The Balaban J connectivity index is 2.60. The molecule has 2 rings (SSSR count). The van der Waals surface area contributed by atoms with Crippen LogP contribution < -0.4 is 14.2 Å². The van der Waals surface area contributed by atoms with E-state index in [1.165, 1.54) is 0 Å². The third kappa shape index (κ3) is 2.24. The number of nitrogens with zero attached hydrogens (tertiary/aromatic N) is 1. The maximum atomic E-state index is 5.32. The molecule has 0 unspecified atom stereocenters. The van der Waals surface area contributed by atoms with Crippen molar-refractivity contribution in [3.05, 3.63) is 21.9 Å². The van der Waals surface area contributed by atoms with E-state index in [-0.39, 0.29) is 0 Å². The fourth-order valence-electron chi connectivity index (χ4n) is 1.70. The maximum absolute atomic E-state index is 5.32. The van der Waals surface area contributed by atoms with Crippen LogP contribution in [0.25, 0.3) is 11.3 Å². The minimum Gasteiger partial charge on any atom is -0.493 e. The van der Waals surface area contributed by atoms with Crippen molar-refractivity contribution in [2.45, 2.75) is 0 Å². The number of nitrogens with one attached hydrogen (secondary N) is 1. The van der Waals surface area contributed by atoms with Crippen LogP contribution in [-0.2, 0) is 0 Å². The summed E-state index contributed by atoms with van der Waals surface area (Å²) in [6, 6.07) is 3.77. The van der Waals surface area contributed by atoms with Gasteiger partial charge in [-0.25, -0.2) is 0 Å². The predicted molar refractivity (Wildman–Crippen MR) is 76.4 cm³/mol. The smallest absolute Gasteiger partial charge is 0.203 e. The van der Waals surface area contributed by atoms with Crippen LogP contribution in [0, 0.1) is 3.57 Å². The highest BCUT2D eigenvalue weighted by Crippen LogP contribution is 2.41. The Bertz CT molecular complexity index is 529. The highest BCUT2D eigenvalue weighted by atomic mass is 127. The highest BCUT2D eigenvalue weighted by Gasteiger charge is 2.15. The van der Waals surface area contributed by atoms with Gasteiger partial charge in [0.05, 0.1) is 36.8 Å². The molecule has 1 heterocycles. The van der Waals surface area contributed by atoms with Gasteiger partial charge >= 0.3 is 0 Å². The largest absolute Gasteiger partial charge is 0.493 e. The van der Waals surface area contributed by atoms with Crippen LogP contribution in [0.4, 0.5) is 0 Å². The predicted octanol–water partition coefficient (Wildman–Crippen LogP) is 2.71. The van der Waals surface area contributed by atoms with Gasteiger partial charge in [-0.05, 0) is 34.7 Å². The van der Waals surface area contributed by atoms with E-state index in [2.05, 4.69) is 32.8 Å². The van der Waals surface area contributed by atoms with Crippen molar-refractivity contribution in [3.63, 3.8) is 0 Å². The first-order chi connectivity index (χ1) is 8.71. The fourth-order valence-corrected chi connectivity index (χ4v) is 2.27. The zero-order valence-corrected chi connectivity index (χ0v) is 12.4. The van der Waals surface area contributed by atoms with Gasteiger partial charge in [-0.1, -0.05) is 0 Å². The second-order valence-electron chi connectivity index (χ2n) is 3.51. The average Bonchev–Trinajstić information content (AvgIpc) is 2.83. The van der Waals surface area contributed by atoms with Gasteiger partial charge in [-0.2, -0.15) is 5.10 Å². The van der Waals surface area contributed by atoms with Gasteiger partial charge < -0.3 is 14.2 Å². The number of aromatic amines is 1. The Labute approximate surface area is 119 Å². The third-order valence-electron chi connectivity index (χ3n) is 2.55. The molecule has 1 N–H and O–H groups in total. The second-order valence-corrected chi connectivity index (χ2v) is 4.67. The lowest BCUT2D eigenvalue weighted by atomic mass is 10.1. The fraction of sp³-hybridized carbons (Fsp3) is 0.250. The highest BCUT2D eigenvalue weighted by molar-refractivity contribution is 14.1. The molecule has 0 bridgehead atoms. The van der Waals surface area contributed by atoms with E-state index in [4.69, 9.17) is 14.2 Å². The number of methoxy groups -OCH3 is 3. The number of halogens is 1. The number of H-pyrrole nitrogens is 1. The van der Waals surface area contributed by atoms with Crippen LogP contribution in [-0.4, -0.2) is 31.5 Å². The summed E-state index contributed by atoms with van der Waals surface area (Å²) in [7, 11) is 4.78. The Morgan fingerprint density at radius 3 is 2.06 bits per heavy atom. The Hall–Kier alpha value is -1.44. The first kappa shape index (κ1) is 13.0. The number of aromatic nitrogens is 2. The minimum atomic E-state index is 0.582. The molecule has 0 atom stereocenters. The molecule has 5 nitrogen and oxygen atoms in total. The van der Waals surface area contributed by atoms with Crippen LogP contribution in [0.15, 0.2) is 18.3 Å². The van der Waals surface area contributed by atoms with E-state index < -0.39 is 0 Å². The summed E-state index contributed by atoms with van der Waals surface area (Å²) < 4.78 is 16.9. The van der Waals surface area contributed by atoms with E-state index >= 15 is 0 Å². The summed E-state index contributed by atoms with van der Waals surface area (Å²) >= 11 is 2.22. The zero-order valence-electron chi connectivity index (χ0n) is 10.3. The van der Waals surface area contributed by atoms with E-state index in [9.17, 15) is 0 Å². The summed E-state index contributed by atoms with van der Waals surface area (Å²) in [6.45, 7) is 0. The van der Waals surface area contributed by atoms with Gasteiger partial charge in [-0.3, -0.25) is 5.10 Å². The molecule has 1 aromatic heterocycles. The normalized spacial score (nSPS) is 10.2. The summed E-state index contributed by atoms with van der Waals surface area (Å²) in [4.78, 5) is 0. The number of rotatable bonds is 4. The lowest BCUT2D eigenvalue weighted by Gasteiger charge is -2.13. The minimum absolute atomic E-state index is 0.582. The quantitative estimate of drug-likeness (QED) is 0.852. The Morgan fingerprint density at radius 1 is 1.06 bits per heavy atom. The summed E-state index contributed by atoms with van der Waals surface area (Å²) in [6.07, 6.45) is 1.76. The van der Waals surface area contributed by atoms with Crippen molar-refractivity contribution >= 4 is 22.6 Å². The molecule has 6 heteroatoms. The zero-order chi connectivity index (χ0) is 13.1. The standard InChI is InChI=1S/C12H13IN2O3/c1-16-9-4-7(11-8(13)6-14-15-11)5-10(17-2)12(9)18-3/h4-6H,1-3H3,(H,14,15). The van der Waals surface area contributed by atoms with Crippen molar-refractivity contribution in [2.75, 3.05) is 21.3 Å². The Kier molecular flexibility index (Phi) is 3.95. The van der Waals surface area contributed by atoms with E-state index in [0.717, 1.165) is 14.8 Å². The van der Waals surface area contributed by atoms with Crippen LogP contribution in [0.5, 0.6) is 17.2 Å². The van der Waals surface area contributed by atoms with E-state index in [1.54, 1.807) is 27.5 Å². The lowest BCUT2D eigenvalue weighted by Crippen LogP contribution is -1.96. The Morgan fingerprint density at radius 2 is 1.67 bits per heavy atom. The first-order valence-corrected chi connectivity index (χ1v) is 6.28. The summed E-state index contributed by atoms with van der Waals surface area (Å²) in [5.41, 5.74) is 1.86. The van der Waals surface area contributed by atoms with Gasteiger partial charge in [0.25, 0.3) is 0 Å². The lowest BCUT2D eigenvalue weighted by molar-refractivity contribution is 0.324. The molecule has 0 saturated carbocycles. The van der Waals surface area contributed by atoms with Crippen LogP contribution in [0.1, 0.15) is 0 Å². The monoisotopic (exact) mass is 360 g/mol. The second kappa shape index (κ2) is 5.47. The average molecular weight is 360 g/mol. The molecule has 0 aliphatic heterocycles. The van der Waals surface area contributed by atoms with Gasteiger partial charge in [0, 0.05) is 5.56 Å². The molecule has 0 radical (unpaired) electrons. The summed E-state index contributed by atoms with van der Waals surface area (Å²) in [5, 5.41) is 6.96. The van der Waals surface area contributed by atoms with Crippen molar-refractivity contribution in [2.24, 2.45) is 0 Å². The van der Waals surface area contributed by atoms with Crippen LogP contribution >= 0.6 is 22.6 Å². The molecule has 0 aliphatic rings. The SMILES string of the molecule is COc1cc(-c2[nH]ncc2I)cc(OC)c1OC. The molecule has 0 fully saturated rings. The molecule has 2 aromatic rings. The van der Waals surface area contributed by atoms with Crippen molar-refractivity contribution in [1.29, 1.82) is 0 Å². The number of benzene rings is 1. The molecular formula is C12H13IN2O3. The number of hydrogen-bond acceptors (Lipinski definition) is 4. The molecule has 0 saturated heterocycles.